The molecule has 3 rings (SSSR count). The van der Waals surface area contributed by atoms with Crippen molar-refractivity contribution in [2.75, 3.05) is 5.32 Å². The van der Waals surface area contributed by atoms with E-state index < -0.39 is 21.7 Å². The summed E-state index contributed by atoms with van der Waals surface area (Å²) in [7, 11) is -3.64. The van der Waals surface area contributed by atoms with Gasteiger partial charge in [-0.25, -0.2) is 13.1 Å². The van der Waals surface area contributed by atoms with E-state index in [1.165, 1.54) is 12.1 Å². The van der Waals surface area contributed by atoms with Crippen molar-refractivity contribution < 1.29 is 17.9 Å². The molecule has 1 amide bonds. The largest absolute Gasteiger partial charge is 0.481 e. The molecule has 3 aromatic rings. The molecule has 7 heteroatoms. The van der Waals surface area contributed by atoms with Crippen LogP contribution in [0.2, 0.25) is 0 Å². The Kier molecular flexibility index (Phi) is 7.56. The molecule has 0 bridgehead atoms. The Morgan fingerprint density at radius 3 is 2.00 bits per heavy atom. The highest BCUT2D eigenvalue weighted by Gasteiger charge is 2.22. The summed E-state index contributed by atoms with van der Waals surface area (Å²) in [6.45, 7) is 7.20. The van der Waals surface area contributed by atoms with Crippen molar-refractivity contribution in [2.24, 2.45) is 0 Å². The van der Waals surface area contributed by atoms with Crippen molar-refractivity contribution in [3.05, 3.63) is 78.9 Å². The number of amides is 1. The van der Waals surface area contributed by atoms with E-state index in [0.29, 0.717) is 17.9 Å². The molecule has 0 aliphatic rings. The quantitative estimate of drug-likeness (QED) is 0.476. The van der Waals surface area contributed by atoms with E-state index in [4.69, 9.17) is 4.74 Å². The predicted octanol–water partition coefficient (Wildman–Crippen LogP) is 5.23. The number of hydrogen-bond donors (Lipinski definition) is 2. The molecule has 6 nitrogen and oxygen atoms in total. The van der Waals surface area contributed by atoms with Crippen LogP contribution >= 0.6 is 0 Å². The van der Waals surface area contributed by atoms with E-state index >= 15 is 0 Å². The lowest BCUT2D eigenvalue weighted by Crippen LogP contribution is -2.40. The molecule has 3 aromatic carbocycles. The van der Waals surface area contributed by atoms with Gasteiger partial charge in [0, 0.05) is 11.2 Å². The summed E-state index contributed by atoms with van der Waals surface area (Å²) >= 11 is 0. The minimum absolute atomic E-state index is 0.136. The second kappa shape index (κ2) is 10.2. The first-order valence-electron chi connectivity index (χ1n) is 10.8. The molecule has 1 atom stereocenters. The average molecular weight is 467 g/mol. The maximum Gasteiger partial charge on any atom is 0.265 e. The third-order valence-corrected chi connectivity index (χ3v) is 6.55. The molecule has 0 aliphatic heterocycles. The maximum atomic E-state index is 12.7. The Hall–Kier alpha value is -3.16. The van der Waals surface area contributed by atoms with Gasteiger partial charge in [0.25, 0.3) is 5.91 Å². The Balaban J connectivity index is 1.64. The van der Waals surface area contributed by atoms with Gasteiger partial charge in [0.15, 0.2) is 6.10 Å². The summed E-state index contributed by atoms with van der Waals surface area (Å²) in [6, 6.07) is 23.7. The third-order valence-electron chi connectivity index (χ3n) is 4.78. The summed E-state index contributed by atoms with van der Waals surface area (Å²) in [4.78, 5) is 12.9. The van der Waals surface area contributed by atoms with Crippen molar-refractivity contribution >= 4 is 21.6 Å². The van der Waals surface area contributed by atoms with Gasteiger partial charge in [0.2, 0.25) is 10.0 Å². The summed E-state index contributed by atoms with van der Waals surface area (Å²) in [5.41, 5.74) is 2.08. The maximum absolute atomic E-state index is 12.7. The van der Waals surface area contributed by atoms with Gasteiger partial charge in [-0.2, -0.15) is 0 Å². The summed E-state index contributed by atoms with van der Waals surface area (Å²) in [5.74, 6) is 0.305. The average Bonchev–Trinajstić information content (AvgIpc) is 2.77. The lowest BCUT2D eigenvalue weighted by Gasteiger charge is -2.20. The Morgan fingerprint density at radius 2 is 1.45 bits per heavy atom. The van der Waals surface area contributed by atoms with Gasteiger partial charge in [-0.05, 0) is 74.7 Å². The molecule has 0 aromatic heterocycles. The highest BCUT2D eigenvalue weighted by atomic mass is 32.2. The monoisotopic (exact) mass is 466 g/mol. The minimum Gasteiger partial charge on any atom is -0.481 e. The smallest absolute Gasteiger partial charge is 0.265 e. The van der Waals surface area contributed by atoms with Crippen LogP contribution in [0.15, 0.2) is 83.8 Å². The molecule has 0 spiro atoms. The van der Waals surface area contributed by atoms with Crippen LogP contribution < -0.4 is 14.8 Å². The normalized spacial score (nSPS) is 12.7. The molecule has 0 saturated heterocycles. The second-order valence-corrected chi connectivity index (χ2v) is 10.5. The van der Waals surface area contributed by atoms with Crippen LogP contribution in [0.5, 0.6) is 5.75 Å². The standard InChI is InChI=1S/C26H30N2O4S/c1-5-24(32-22-15-11-20(12-16-22)19-9-7-6-8-10-19)25(29)27-21-13-17-23(18-14-21)33(30,31)28-26(2,3)4/h6-18,24,28H,5H2,1-4H3,(H,27,29). The molecule has 0 heterocycles. The Morgan fingerprint density at radius 1 is 0.879 bits per heavy atom. The molecule has 2 N–H and O–H groups in total. The predicted molar refractivity (Wildman–Crippen MR) is 132 cm³/mol. The zero-order valence-corrected chi connectivity index (χ0v) is 20.1. The molecule has 174 valence electrons. The number of ether oxygens (including phenoxy) is 1. The summed E-state index contributed by atoms with van der Waals surface area (Å²) in [6.07, 6.45) is -0.202. The number of nitrogens with one attached hydrogen (secondary N) is 2. The van der Waals surface area contributed by atoms with Crippen LogP contribution in [0, 0.1) is 0 Å². The van der Waals surface area contributed by atoms with Crippen molar-refractivity contribution in [1.29, 1.82) is 0 Å². The van der Waals surface area contributed by atoms with Gasteiger partial charge >= 0.3 is 0 Å². The fourth-order valence-electron chi connectivity index (χ4n) is 3.25. The van der Waals surface area contributed by atoms with Crippen LogP contribution in [0.3, 0.4) is 0 Å². The van der Waals surface area contributed by atoms with Crippen molar-refractivity contribution in [3.63, 3.8) is 0 Å². The minimum atomic E-state index is -3.64. The zero-order chi connectivity index (χ0) is 24.1. The van der Waals surface area contributed by atoms with Crippen LogP contribution in [-0.4, -0.2) is 26.0 Å². The van der Waals surface area contributed by atoms with Gasteiger partial charge in [-0.15, -0.1) is 0 Å². The Labute approximate surface area is 196 Å². The topological polar surface area (TPSA) is 84.5 Å². The fourth-order valence-corrected chi connectivity index (χ4v) is 4.66. The second-order valence-electron chi connectivity index (χ2n) is 8.77. The molecule has 0 saturated carbocycles. The molecular weight excluding hydrogens is 436 g/mol. The van der Waals surface area contributed by atoms with Gasteiger partial charge in [-0.3, -0.25) is 4.79 Å². The first kappa shape index (κ1) is 24.5. The lowest BCUT2D eigenvalue weighted by atomic mass is 10.1. The zero-order valence-electron chi connectivity index (χ0n) is 19.3. The number of hydrogen-bond acceptors (Lipinski definition) is 4. The van der Waals surface area contributed by atoms with Crippen LogP contribution in [-0.2, 0) is 14.8 Å². The van der Waals surface area contributed by atoms with Gasteiger partial charge in [-0.1, -0.05) is 49.4 Å². The number of rotatable bonds is 8. The number of carbonyl (C=O) groups is 1. The fraction of sp³-hybridized carbons (Fsp3) is 0.269. The first-order valence-corrected chi connectivity index (χ1v) is 12.3. The van der Waals surface area contributed by atoms with Crippen molar-refractivity contribution in [1.82, 2.24) is 4.72 Å². The molecule has 0 aliphatic carbocycles. The van der Waals surface area contributed by atoms with Gasteiger partial charge < -0.3 is 10.1 Å². The van der Waals surface area contributed by atoms with Crippen LogP contribution in [0.25, 0.3) is 11.1 Å². The number of anilines is 1. The Bertz CT molecular complexity index is 1170. The summed E-state index contributed by atoms with van der Waals surface area (Å²) in [5, 5.41) is 2.80. The highest BCUT2D eigenvalue weighted by molar-refractivity contribution is 7.89. The third kappa shape index (κ3) is 6.91. The number of benzene rings is 3. The molecule has 0 radical (unpaired) electrons. The van der Waals surface area contributed by atoms with Gasteiger partial charge in [0.05, 0.1) is 4.90 Å². The molecule has 0 fully saturated rings. The van der Waals surface area contributed by atoms with Crippen LogP contribution in [0.4, 0.5) is 5.69 Å². The number of sulfonamides is 1. The van der Waals surface area contributed by atoms with E-state index in [0.717, 1.165) is 11.1 Å². The molecule has 1 unspecified atom stereocenters. The van der Waals surface area contributed by atoms with Crippen LogP contribution in [0.1, 0.15) is 34.1 Å². The molecular formula is C26H30N2O4S. The lowest BCUT2D eigenvalue weighted by molar-refractivity contribution is -0.122. The first-order chi connectivity index (χ1) is 15.6. The van der Waals surface area contributed by atoms with E-state index in [9.17, 15) is 13.2 Å². The van der Waals surface area contributed by atoms with E-state index in [1.54, 1.807) is 32.9 Å². The van der Waals surface area contributed by atoms with Crippen molar-refractivity contribution in [2.45, 2.75) is 50.7 Å². The highest BCUT2D eigenvalue weighted by Crippen LogP contribution is 2.23. The van der Waals surface area contributed by atoms with E-state index in [2.05, 4.69) is 10.0 Å². The number of carbonyl (C=O) groups excluding carboxylic acids is 1. The SMILES string of the molecule is CCC(Oc1ccc(-c2ccccc2)cc1)C(=O)Nc1ccc(S(=O)(=O)NC(C)(C)C)cc1. The summed E-state index contributed by atoms with van der Waals surface area (Å²) < 4.78 is 33.4. The van der Waals surface area contributed by atoms with E-state index in [1.807, 2.05) is 61.5 Å². The van der Waals surface area contributed by atoms with E-state index in [-0.39, 0.29) is 10.8 Å². The van der Waals surface area contributed by atoms with Gasteiger partial charge in [0.1, 0.15) is 5.75 Å². The van der Waals surface area contributed by atoms with Crippen molar-refractivity contribution in [3.8, 4) is 16.9 Å². The molecule has 33 heavy (non-hydrogen) atoms.